The zero-order chi connectivity index (χ0) is 22.8. The molecule has 8 nitrogen and oxygen atoms in total. The molecule has 5 rings (SSSR count). The van der Waals surface area contributed by atoms with Gasteiger partial charge in [-0.05, 0) is 48.7 Å². The number of thioether (sulfide) groups is 1. The molecule has 0 atom stereocenters. The van der Waals surface area contributed by atoms with Crippen molar-refractivity contribution in [3.8, 4) is 11.4 Å². The van der Waals surface area contributed by atoms with Crippen molar-refractivity contribution in [2.24, 2.45) is 0 Å². The number of ether oxygens (including phenoxy) is 1. The van der Waals surface area contributed by atoms with Crippen molar-refractivity contribution >= 4 is 28.7 Å². The number of rotatable bonds is 6. The van der Waals surface area contributed by atoms with E-state index in [1.165, 1.54) is 33.7 Å². The van der Waals surface area contributed by atoms with Gasteiger partial charge in [0.25, 0.3) is 5.56 Å². The average Bonchev–Trinajstić information content (AvgIpc) is 3.32. The molecular weight excluding hydrogens is 438 g/mol. The maximum Gasteiger partial charge on any atom is 0.269 e. The SMILES string of the molecule is CCOc1ccc(-n2c(SCC(=O)N3CCc4ccccc4C3)nc3[nH]ncc3c2=O)cc1. The number of nitrogens with one attached hydrogen (secondary N) is 1. The Labute approximate surface area is 194 Å². The van der Waals surface area contributed by atoms with E-state index >= 15 is 0 Å². The van der Waals surface area contributed by atoms with E-state index in [-0.39, 0.29) is 17.2 Å². The Balaban J connectivity index is 1.41. The first-order valence-corrected chi connectivity index (χ1v) is 11.8. The van der Waals surface area contributed by atoms with Crippen LogP contribution >= 0.6 is 11.8 Å². The smallest absolute Gasteiger partial charge is 0.269 e. The zero-order valence-electron chi connectivity index (χ0n) is 18.2. The zero-order valence-corrected chi connectivity index (χ0v) is 19.0. The largest absolute Gasteiger partial charge is 0.494 e. The molecule has 2 aromatic heterocycles. The lowest BCUT2D eigenvalue weighted by Crippen LogP contribution is -2.37. The van der Waals surface area contributed by atoms with Crippen LogP contribution in [0.3, 0.4) is 0 Å². The molecule has 33 heavy (non-hydrogen) atoms. The van der Waals surface area contributed by atoms with Crippen molar-refractivity contribution in [1.82, 2.24) is 24.6 Å². The highest BCUT2D eigenvalue weighted by atomic mass is 32.2. The number of nitrogens with zero attached hydrogens (tertiary/aromatic N) is 4. The summed E-state index contributed by atoms with van der Waals surface area (Å²) < 4.78 is 7.04. The average molecular weight is 462 g/mol. The van der Waals surface area contributed by atoms with E-state index in [0.29, 0.717) is 41.6 Å². The van der Waals surface area contributed by atoms with Crippen LogP contribution in [0, 0.1) is 0 Å². The van der Waals surface area contributed by atoms with E-state index in [0.717, 1.165) is 12.2 Å². The highest BCUT2D eigenvalue weighted by Gasteiger charge is 2.22. The Hall–Kier alpha value is -3.59. The molecule has 0 fully saturated rings. The predicted octanol–water partition coefficient (Wildman–Crippen LogP) is 3.18. The molecule has 2 aromatic carbocycles. The van der Waals surface area contributed by atoms with Crippen LogP contribution in [0.4, 0.5) is 0 Å². The van der Waals surface area contributed by atoms with Gasteiger partial charge in [-0.1, -0.05) is 36.0 Å². The van der Waals surface area contributed by atoms with Gasteiger partial charge in [0.05, 0.1) is 24.2 Å². The maximum atomic E-state index is 13.2. The molecule has 1 aliphatic rings. The minimum Gasteiger partial charge on any atom is -0.494 e. The fourth-order valence-electron chi connectivity index (χ4n) is 3.98. The van der Waals surface area contributed by atoms with Crippen LogP contribution < -0.4 is 10.3 Å². The lowest BCUT2D eigenvalue weighted by Gasteiger charge is -2.28. The molecular formula is C24H23N5O3S. The van der Waals surface area contributed by atoms with Crippen molar-refractivity contribution in [2.45, 2.75) is 25.0 Å². The molecule has 0 bridgehead atoms. The van der Waals surface area contributed by atoms with Gasteiger partial charge in [0.2, 0.25) is 5.91 Å². The first-order chi connectivity index (χ1) is 16.1. The Morgan fingerprint density at radius 1 is 1.15 bits per heavy atom. The van der Waals surface area contributed by atoms with Crippen LogP contribution in [-0.2, 0) is 17.8 Å². The third kappa shape index (κ3) is 4.23. The highest BCUT2D eigenvalue weighted by Crippen LogP contribution is 2.24. The summed E-state index contributed by atoms with van der Waals surface area (Å²) in [5.41, 5.74) is 3.31. The number of hydrogen-bond acceptors (Lipinski definition) is 6. The summed E-state index contributed by atoms with van der Waals surface area (Å²) in [6.45, 7) is 3.78. The molecule has 4 aromatic rings. The third-order valence-corrected chi connectivity index (χ3v) is 6.59. The number of carbonyl (C=O) groups is 1. The van der Waals surface area contributed by atoms with E-state index in [4.69, 9.17) is 4.74 Å². The summed E-state index contributed by atoms with van der Waals surface area (Å²) >= 11 is 1.25. The Kier molecular flexibility index (Phi) is 5.87. The molecule has 1 N–H and O–H groups in total. The summed E-state index contributed by atoms with van der Waals surface area (Å²) in [4.78, 5) is 32.7. The highest BCUT2D eigenvalue weighted by molar-refractivity contribution is 7.99. The quantitative estimate of drug-likeness (QED) is 0.350. The van der Waals surface area contributed by atoms with Gasteiger partial charge in [-0.3, -0.25) is 19.3 Å². The minimum atomic E-state index is -0.236. The van der Waals surface area contributed by atoms with Gasteiger partial charge in [0.15, 0.2) is 10.8 Å². The van der Waals surface area contributed by atoms with Gasteiger partial charge in [0.1, 0.15) is 11.1 Å². The number of carbonyl (C=O) groups excluding carboxylic acids is 1. The number of aromatic nitrogens is 4. The number of H-pyrrole nitrogens is 1. The van der Waals surface area contributed by atoms with Gasteiger partial charge < -0.3 is 9.64 Å². The van der Waals surface area contributed by atoms with Crippen molar-refractivity contribution in [3.63, 3.8) is 0 Å². The van der Waals surface area contributed by atoms with Crippen LogP contribution in [-0.4, -0.2) is 49.5 Å². The molecule has 1 amide bonds. The van der Waals surface area contributed by atoms with Crippen molar-refractivity contribution in [3.05, 3.63) is 76.2 Å². The molecule has 168 valence electrons. The normalized spacial score (nSPS) is 13.2. The number of amides is 1. The first kappa shape index (κ1) is 21.3. The van der Waals surface area contributed by atoms with Gasteiger partial charge >= 0.3 is 0 Å². The Morgan fingerprint density at radius 3 is 2.73 bits per heavy atom. The van der Waals surface area contributed by atoms with Gasteiger partial charge in [-0.2, -0.15) is 5.10 Å². The van der Waals surface area contributed by atoms with Crippen molar-refractivity contribution < 1.29 is 9.53 Å². The molecule has 0 unspecified atom stereocenters. The van der Waals surface area contributed by atoms with Crippen LogP contribution in [0.15, 0.2) is 64.7 Å². The summed E-state index contributed by atoms with van der Waals surface area (Å²) in [6, 6.07) is 15.5. The molecule has 0 radical (unpaired) electrons. The second-order valence-corrected chi connectivity index (χ2v) is 8.66. The number of aromatic amines is 1. The van der Waals surface area contributed by atoms with E-state index in [1.54, 1.807) is 0 Å². The monoisotopic (exact) mass is 461 g/mol. The fourth-order valence-corrected chi connectivity index (χ4v) is 4.89. The van der Waals surface area contributed by atoms with Crippen molar-refractivity contribution in [1.29, 1.82) is 0 Å². The van der Waals surface area contributed by atoms with Crippen molar-refractivity contribution in [2.75, 3.05) is 18.9 Å². The topological polar surface area (TPSA) is 93.1 Å². The van der Waals surface area contributed by atoms with Gasteiger partial charge in [0, 0.05) is 13.1 Å². The standard InChI is InChI=1S/C24H23N5O3S/c1-2-32-19-9-7-18(8-10-19)29-23(31)20-13-25-27-22(20)26-24(29)33-15-21(30)28-12-11-16-5-3-4-6-17(16)14-28/h3-10,13H,2,11-12,14-15H2,1H3,(H,25,27). The molecule has 0 spiro atoms. The fraction of sp³-hybridized carbons (Fsp3) is 0.250. The van der Waals surface area contributed by atoms with Crippen LogP contribution in [0.2, 0.25) is 0 Å². The van der Waals surface area contributed by atoms with Crippen LogP contribution in [0.25, 0.3) is 16.7 Å². The summed E-state index contributed by atoms with van der Waals surface area (Å²) in [5.74, 6) is 0.929. The van der Waals surface area contributed by atoms with E-state index in [2.05, 4.69) is 27.3 Å². The minimum absolute atomic E-state index is 0.0201. The molecule has 0 saturated heterocycles. The summed E-state index contributed by atoms with van der Waals surface area (Å²) in [6.07, 6.45) is 2.32. The summed E-state index contributed by atoms with van der Waals surface area (Å²) in [7, 11) is 0. The van der Waals surface area contributed by atoms with Gasteiger partial charge in [-0.15, -0.1) is 0 Å². The second-order valence-electron chi connectivity index (χ2n) is 7.72. The lowest BCUT2D eigenvalue weighted by atomic mass is 10.00. The molecule has 3 heterocycles. The maximum absolute atomic E-state index is 13.2. The molecule has 0 aliphatic carbocycles. The second kappa shape index (κ2) is 9.11. The predicted molar refractivity (Wildman–Crippen MR) is 127 cm³/mol. The number of benzene rings is 2. The van der Waals surface area contributed by atoms with E-state index in [1.807, 2.05) is 48.2 Å². The Morgan fingerprint density at radius 2 is 1.94 bits per heavy atom. The van der Waals surface area contributed by atoms with Crippen LogP contribution in [0.5, 0.6) is 5.75 Å². The number of fused-ring (bicyclic) bond motifs is 2. The lowest BCUT2D eigenvalue weighted by molar-refractivity contribution is -0.129. The molecule has 1 aliphatic heterocycles. The van der Waals surface area contributed by atoms with E-state index in [9.17, 15) is 9.59 Å². The summed E-state index contributed by atoms with van der Waals surface area (Å²) in [5, 5.41) is 7.56. The molecule has 0 saturated carbocycles. The Bertz CT molecular complexity index is 1360. The first-order valence-electron chi connectivity index (χ1n) is 10.8. The van der Waals surface area contributed by atoms with E-state index < -0.39 is 0 Å². The molecule has 9 heteroatoms. The van der Waals surface area contributed by atoms with Gasteiger partial charge in [-0.25, -0.2) is 4.98 Å². The number of hydrogen-bond donors (Lipinski definition) is 1. The van der Waals surface area contributed by atoms with Crippen LogP contribution in [0.1, 0.15) is 18.1 Å². The third-order valence-electron chi connectivity index (χ3n) is 5.67.